The number of anilines is 1. The summed E-state index contributed by atoms with van der Waals surface area (Å²) in [7, 11) is 0. The standard InChI is InChI=1S/C10H16ClN3O/c1-3-4-8(15)5-12-10-7(2)9(11)13-6-14-10/h6,8,15H,3-5H2,1-2H3,(H,12,13,14). The van der Waals surface area contributed by atoms with E-state index in [4.69, 9.17) is 11.6 Å². The average Bonchev–Trinajstić information content (AvgIpc) is 2.21. The van der Waals surface area contributed by atoms with Crippen molar-refractivity contribution in [2.24, 2.45) is 0 Å². The predicted octanol–water partition coefficient (Wildman–Crippen LogP) is 2.01. The van der Waals surface area contributed by atoms with Gasteiger partial charge in [0.25, 0.3) is 0 Å². The zero-order chi connectivity index (χ0) is 11.3. The molecule has 4 nitrogen and oxygen atoms in total. The van der Waals surface area contributed by atoms with Gasteiger partial charge in [0.2, 0.25) is 0 Å². The molecule has 1 rings (SSSR count). The molecular weight excluding hydrogens is 214 g/mol. The molecule has 0 aromatic carbocycles. The Hall–Kier alpha value is -0.870. The predicted molar refractivity (Wildman–Crippen MR) is 61.2 cm³/mol. The van der Waals surface area contributed by atoms with Crippen molar-refractivity contribution in [3.05, 3.63) is 17.0 Å². The van der Waals surface area contributed by atoms with E-state index in [9.17, 15) is 5.11 Å². The summed E-state index contributed by atoms with van der Waals surface area (Å²) in [6.45, 7) is 4.37. The molecule has 15 heavy (non-hydrogen) atoms. The van der Waals surface area contributed by atoms with E-state index in [1.54, 1.807) is 0 Å². The van der Waals surface area contributed by atoms with Crippen molar-refractivity contribution in [1.29, 1.82) is 0 Å². The summed E-state index contributed by atoms with van der Waals surface area (Å²) in [6, 6.07) is 0. The molecule has 2 N–H and O–H groups in total. The van der Waals surface area contributed by atoms with Crippen LogP contribution in [0.2, 0.25) is 5.15 Å². The molecule has 0 saturated carbocycles. The van der Waals surface area contributed by atoms with Gasteiger partial charge in [0, 0.05) is 12.1 Å². The largest absolute Gasteiger partial charge is 0.391 e. The molecule has 0 radical (unpaired) electrons. The Balaban J connectivity index is 2.54. The van der Waals surface area contributed by atoms with Crippen LogP contribution in [0.25, 0.3) is 0 Å². The van der Waals surface area contributed by atoms with Gasteiger partial charge in [-0.15, -0.1) is 0 Å². The molecular formula is C10H16ClN3O. The zero-order valence-corrected chi connectivity index (χ0v) is 9.75. The fourth-order valence-corrected chi connectivity index (χ4v) is 1.39. The minimum Gasteiger partial charge on any atom is -0.391 e. The van der Waals surface area contributed by atoms with E-state index >= 15 is 0 Å². The number of nitrogens with one attached hydrogen (secondary N) is 1. The van der Waals surface area contributed by atoms with Crippen LogP contribution in [0, 0.1) is 6.92 Å². The normalized spacial score (nSPS) is 12.5. The Kier molecular flexibility index (Phi) is 4.78. The van der Waals surface area contributed by atoms with E-state index in [0.29, 0.717) is 17.5 Å². The van der Waals surface area contributed by atoms with Crippen LogP contribution in [0.5, 0.6) is 0 Å². The molecule has 0 amide bonds. The Morgan fingerprint density at radius 1 is 1.53 bits per heavy atom. The second-order valence-electron chi connectivity index (χ2n) is 3.46. The summed E-state index contributed by atoms with van der Waals surface area (Å²) in [6.07, 6.45) is 2.81. The maximum absolute atomic E-state index is 9.53. The quantitative estimate of drug-likeness (QED) is 0.759. The van der Waals surface area contributed by atoms with Crippen molar-refractivity contribution in [3.8, 4) is 0 Å². The van der Waals surface area contributed by atoms with Crippen LogP contribution in [-0.4, -0.2) is 27.7 Å². The van der Waals surface area contributed by atoms with Gasteiger partial charge in [-0.2, -0.15) is 0 Å². The van der Waals surface area contributed by atoms with Crippen LogP contribution in [0.3, 0.4) is 0 Å². The molecule has 1 aromatic heterocycles. The fraction of sp³-hybridized carbons (Fsp3) is 0.600. The third-order valence-corrected chi connectivity index (χ3v) is 2.53. The molecule has 0 aliphatic carbocycles. The number of nitrogens with zero attached hydrogens (tertiary/aromatic N) is 2. The molecule has 1 atom stereocenters. The summed E-state index contributed by atoms with van der Waals surface area (Å²) in [4.78, 5) is 7.91. The fourth-order valence-electron chi connectivity index (χ4n) is 1.26. The highest BCUT2D eigenvalue weighted by Gasteiger charge is 2.07. The van der Waals surface area contributed by atoms with Gasteiger partial charge in [-0.3, -0.25) is 0 Å². The third-order valence-electron chi connectivity index (χ3n) is 2.15. The number of halogens is 1. The first kappa shape index (κ1) is 12.2. The molecule has 0 bridgehead atoms. The third kappa shape index (κ3) is 3.64. The summed E-state index contributed by atoms with van der Waals surface area (Å²) in [5.41, 5.74) is 0.808. The molecule has 1 unspecified atom stereocenters. The molecule has 0 saturated heterocycles. The molecule has 0 aliphatic heterocycles. The second-order valence-corrected chi connectivity index (χ2v) is 3.82. The first-order chi connectivity index (χ1) is 7.15. The highest BCUT2D eigenvalue weighted by Crippen LogP contribution is 2.17. The molecule has 0 fully saturated rings. The first-order valence-corrected chi connectivity index (χ1v) is 5.42. The summed E-state index contributed by atoms with van der Waals surface area (Å²) in [5, 5.41) is 13.0. The average molecular weight is 230 g/mol. The number of aromatic nitrogens is 2. The number of aliphatic hydroxyl groups excluding tert-OH is 1. The van der Waals surface area contributed by atoms with Gasteiger partial charge < -0.3 is 10.4 Å². The van der Waals surface area contributed by atoms with Crippen molar-refractivity contribution in [3.63, 3.8) is 0 Å². The van der Waals surface area contributed by atoms with Gasteiger partial charge >= 0.3 is 0 Å². The first-order valence-electron chi connectivity index (χ1n) is 5.04. The van der Waals surface area contributed by atoms with Crippen molar-refractivity contribution in [2.75, 3.05) is 11.9 Å². The highest BCUT2D eigenvalue weighted by atomic mass is 35.5. The maximum atomic E-state index is 9.53. The second kappa shape index (κ2) is 5.88. The van der Waals surface area contributed by atoms with Crippen molar-refractivity contribution < 1.29 is 5.11 Å². The number of hydrogen-bond acceptors (Lipinski definition) is 4. The Morgan fingerprint density at radius 3 is 2.93 bits per heavy atom. The number of hydrogen-bond donors (Lipinski definition) is 2. The van der Waals surface area contributed by atoms with Crippen LogP contribution in [0.15, 0.2) is 6.33 Å². The van der Waals surface area contributed by atoms with Crippen molar-refractivity contribution in [2.45, 2.75) is 32.8 Å². The monoisotopic (exact) mass is 229 g/mol. The van der Waals surface area contributed by atoms with Gasteiger partial charge in [0.1, 0.15) is 17.3 Å². The van der Waals surface area contributed by atoms with Gasteiger partial charge in [-0.1, -0.05) is 24.9 Å². The van der Waals surface area contributed by atoms with Crippen LogP contribution >= 0.6 is 11.6 Å². The van der Waals surface area contributed by atoms with Crippen LogP contribution in [0.4, 0.5) is 5.82 Å². The summed E-state index contributed by atoms with van der Waals surface area (Å²) in [5.74, 6) is 0.685. The highest BCUT2D eigenvalue weighted by molar-refractivity contribution is 6.30. The molecule has 84 valence electrons. The van der Waals surface area contributed by atoms with E-state index < -0.39 is 0 Å². The minimum atomic E-state index is -0.344. The number of aliphatic hydroxyl groups is 1. The van der Waals surface area contributed by atoms with Gasteiger partial charge in [0.15, 0.2) is 0 Å². The topological polar surface area (TPSA) is 58.0 Å². The molecule has 1 aromatic rings. The molecule has 5 heteroatoms. The lowest BCUT2D eigenvalue weighted by Crippen LogP contribution is -2.20. The van der Waals surface area contributed by atoms with E-state index in [2.05, 4.69) is 15.3 Å². The minimum absolute atomic E-state index is 0.344. The summed E-state index contributed by atoms with van der Waals surface area (Å²) >= 11 is 5.84. The lowest BCUT2D eigenvalue weighted by Gasteiger charge is -2.12. The van der Waals surface area contributed by atoms with E-state index in [1.165, 1.54) is 6.33 Å². The van der Waals surface area contributed by atoms with Gasteiger partial charge in [-0.25, -0.2) is 9.97 Å². The smallest absolute Gasteiger partial charge is 0.137 e. The van der Waals surface area contributed by atoms with Crippen molar-refractivity contribution in [1.82, 2.24) is 9.97 Å². The molecule has 0 aliphatic rings. The lowest BCUT2D eigenvalue weighted by atomic mass is 10.2. The van der Waals surface area contributed by atoms with Gasteiger partial charge in [0.05, 0.1) is 6.10 Å². The molecule has 1 heterocycles. The van der Waals surface area contributed by atoms with E-state index in [-0.39, 0.29) is 6.10 Å². The summed E-state index contributed by atoms with van der Waals surface area (Å²) < 4.78 is 0. The maximum Gasteiger partial charge on any atom is 0.137 e. The molecule has 0 spiro atoms. The Morgan fingerprint density at radius 2 is 2.27 bits per heavy atom. The SMILES string of the molecule is CCCC(O)CNc1ncnc(Cl)c1C. The van der Waals surface area contributed by atoms with E-state index in [1.807, 2.05) is 13.8 Å². The Labute approximate surface area is 94.7 Å². The van der Waals surface area contributed by atoms with Crippen molar-refractivity contribution >= 4 is 17.4 Å². The lowest BCUT2D eigenvalue weighted by molar-refractivity contribution is 0.176. The van der Waals surface area contributed by atoms with Crippen LogP contribution in [-0.2, 0) is 0 Å². The number of rotatable bonds is 5. The van der Waals surface area contributed by atoms with Crippen LogP contribution in [0.1, 0.15) is 25.3 Å². The van der Waals surface area contributed by atoms with E-state index in [0.717, 1.165) is 18.4 Å². The zero-order valence-electron chi connectivity index (χ0n) is 9.00. The van der Waals surface area contributed by atoms with Crippen LogP contribution < -0.4 is 5.32 Å². The Bertz CT molecular complexity index is 320. The van der Waals surface area contributed by atoms with Gasteiger partial charge in [-0.05, 0) is 13.3 Å².